The number of benzene rings is 2. The van der Waals surface area contributed by atoms with Gasteiger partial charge in [-0.1, -0.05) is 0 Å². The molecule has 2 aromatic carbocycles. The van der Waals surface area contributed by atoms with Gasteiger partial charge in [0.2, 0.25) is 5.95 Å². The second-order valence-corrected chi connectivity index (χ2v) is 5.85. The molecule has 0 aliphatic carbocycles. The van der Waals surface area contributed by atoms with E-state index < -0.39 is 11.6 Å². The minimum atomic E-state index is -0.545. The molecule has 0 saturated carbocycles. The van der Waals surface area contributed by atoms with E-state index in [1.165, 1.54) is 48.9 Å². The Labute approximate surface area is 194 Å². The zero-order valence-corrected chi connectivity index (χ0v) is 18.4. The van der Waals surface area contributed by atoms with Crippen molar-refractivity contribution >= 4 is 29.4 Å². The summed E-state index contributed by atoms with van der Waals surface area (Å²) in [7, 11) is 1.58. The molecule has 30 heavy (non-hydrogen) atoms. The fourth-order valence-corrected chi connectivity index (χ4v) is 2.49. The van der Waals surface area contributed by atoms with Crippen LogP contribution in [-0.4, -0.2) is 23.2 Å². The van der Waals surface area contributed by atoms with Crippen LogP contribution in [0.15, 0.2) is 59.5 Å². The first-order valence-corrected chi connectivity index (χ1v) is 8.48. The molecule has 0 fully saturated rings. The topological polar surface area (TPSA) is 114 Å². The van der Waals surface area contributed by atoms with Crippen molar-refractivity contribution in [1.82, 2.24) is 9.97 Å². The minimum Gasteiger partial charge on any atom is -0.403 e. The van der Waals surface area contributed by atoms with Crippen LogP contribution in [0.4, 0.5) is 31.9 Å². The quantitative estimate of drug-likeness (QED) is 0.201. The Balaban J connectivity index is 0.00000320. The summed E-state index contributed by atoms with van der Waals surface area (Å²) in [5.41, 5.74) is 12.6. The summed E-state index contributed by atoms with van der Waals surface area (Å²) in [4.78, 5) is 12.4. The van der Waals surface area contributed by atoms with Crippen LogP contribution in [0.25, 0.3) is 11.1 Å². The third kappa shape index (κ3) is 5.53. The molecule has 0 aliphatic rings. The third-order valence-corrected chi connectivity index (χ3v) is 3.81. The minimum absolute atomic E-state index is 0. The number of aromatic nitrogens is 2. The zero-order chi connectivity index (χ0) is 20.8. The van der Waals surface area contributed by atoms with E-state index in [-0.39, 0.29) is 58.1 Å². The largest absolute Gasteiger partial charge is 1.00 e. The summed E-state index contributed by atoms with van der Waals surface area (Å²) in [5, 5.41) is 5.73. The van der Waals surface area contributed by atoms with Crippen molar-refractivity contribution in [2.24, 2.45) is 10.7 Å². The SMILES string of the molecule is CN=C/C(=C\N)Nc1ncc(-c2[c-]cccc2F)c(Nc2cc(N)ccc2F)n1.[Na+]. The second kappa shape index (κ2) is 10.7. The van der Waals surface area contributed by atoms with E-state index in [1.54, 1.807) is 13.1 Å². The normalized spacial score (nSPS) is 11.2. The van der Waals surface area contributed by atoms with Gasteiger partial charge in [0.15, 0.2) is 0 Å². The van der Waals surface area contributed by atoms with E-state index in [2.05, 4.69) is 31.7 Å². The second-order valence-electron chi connectivity index (χ2n) is 5.85. The van der Waals surface area contributed by atoms with Gasteiger partial charge < -0.3 is 22.1 Å². The van der Waals surface area contributed by atoms with Gasteiger partial charge >= 0.3 is 29.6 Å². The van der Waals surface area contributed by atoms with E-state index >= 15 is 0 Å². The number of nitrogens with one attached hydrogen (secondary N) is 2. The predicted octanol–water partition coefficient (Wildman–Crippen LogP) is 0.464. The number of nitrogens with two attached hydrogens (primary N) is 2. The maximum atomic E-state index is 14.3. The average molecular weight is 417 g/mol. The van der Waals surface area contributed by atoms with Crippen LogP contribution in [0.1, 0.15) is 0 Å². The molecule has 10 heteroatoms. The number of allylic oxidation sites excluding steroid dienone is 1. The van der Waals surface area contributed by atoms with Gasteiger partial charge in [-0.05, 0) is 23.8 Å². The number of halogens is 2. The molecule has 0 amide bonds. The Morgan fingerprint density at radius 3 is 2.73 bits per heavy atom. The standard InChI is InChI=1S/C20H18F2N7.Na/c1-25-10-13(9-23)27-20-26-11-15(14-4-2-3-5-16(14)21)19(29-20)28-18-8-12(24)6-7-17(18)22;/h2-3,5-11H,23-24H2,1H3,(H2,26,27,28,29);/q-1;+1/b13-9+,25-10?;. The Bertz CT molecular complexity index is 1090. The van der Waals surface area contributed by atoms with Gasteiger partial charge in [-0.15, -0.1) is 29.8 Å². The van der Waals surface area contributed by atoms with Gasteiger partial charge in [0.1, 0.15) is 11.6 Å². The molecule has 0 unspecified atom stereocenters. The van der Waals surface area contributed by atoms with Crippen LogP contribution in [0.2, 0.25) is 0 Å². The van der Waals surface area contributed by atoms with Crippen LogP contribution in [0.5, 0.6) is 0 Å². The predicted molar refractivity (Wildman–Crippen MR) is 111 cm³/mol. The molecule has 3 aromatic rings. The summed E-state index contributed by atoms with van der Waals surface area (Å²) in [6.45, 7) is 0. The fourth-order valence-electron chi connectivity index (χ4n) is 2.49. The number of anilines is 4. The van der Waals surface area contributed by atoms with Crippen molar-refractivity contribution in [3.63, 3.8) is 0 Å². The first kappa shape index (κ1) is 23.3. The van der Waals surface area contributed by atoms with Crippen LogP contribution in [0, 0.1) is 17.7 Å². The van der Waals surface area contributed by atoms with Gasteiger partial charge in [0.05, 0.1) is 11.4 Å². The van der Waals surface area contributed by atoms with Crippen LogP contribution in [-0.2, 0) is 0 Å². The van der Waals surface area contributed by atoms with Crippen LogP contribution < -0.4 is 51.7 Å². The summed E-state index contributed by atoms with van der Waals surface area (Å²) in [6, 6.07) is 11.2. The van der Waals surface area contributed by atoms with Crippen molar-refractivity contribution in [3.05, 3.63) is 72.2 Å². The number of aliphatic imine (C=N–C) groups is 1. The first-order valence-electron chi connectivity index (χ1n) is 8.48. The zero-order valence-electron chi connectivity index (χ0n) is 16.4. The maximum absolute atomic E-state index is 14.3. The Morgan fingerprint density at radius 1 is 1.23 bits per heavy atom. The Kier molecular flexibility index (Phi) is 8.28. The molecule has 0 saturated heterocycles. The molecule has 0 radical (unpaired) electrons. The molecular formula is C20H18F2N7Na. The number of nitrogens with zero attached hydrogens (tertiary/aromatic N) is 3. The molecule has 3 rings (SSSR count). The van der Waals surface area contributed by atoms with E-state index in [4.69, 9.17) is 11.5 Å². The molecule has 148 valence electrons. The van der Waals surface area contributed by atoms with E-state index in [0.29, 0.717) is 11.4 Å². The van der Waals surface area contributed by atoms with Crippen molar-refractivity contribution in [3.8, 4) is 11.1 Å². The molecule has 6 N–H and O–H groups in total. The van der Waals surface area contributed by atoms with Crippen molar-refractivity contribution in [2.45, 2.75) is 0 Å². The van der Waals surface area contributed by atoms with Gasteiger partial charge in [-0.3, -0.25) is 9.38 Å². The third-order valence-electron chi connectivity index (χ3n) is 3.81. The molecular weight excluding hydrogens is 399 g/mol. The molecule has 1 heterocycles. The average Bonchev–Trinajstić information content (AvgIpc) is 2.71. The monoisotopic (exact) mass is 417 g/mol. The van der Waals surface area contributed by atoms with Gasteiger partial charge in [0, 0.05) is 37.2 Å². The van der Waals surface area contributed by atoms with E-state index in [1.807, 2.05) is 0 Å². The number of nitrogen functional groups attached to an aromatic ring is 1. The number of hydrogen-bond acceptors (Lipinski definition) is 7. The fraction of sp³-hybridized carbons (Fsp3) is 0.0500. The molecule has 0 atom stereocenters. The molecule has 0 bridgehead atoms. The Hall–Kier alpha value is -3.01. The molecule has 0 aliphatic heterocycles. The van der Waals surface area contributed by atoms with Crippen LogP contribution >= 0.6 is 0 Å². The van der Waals surface area contributed by atoms with Crippen molar-refractivity contribution < 1.29 is 38.3 Å². The molecule has 0 spiro atoms. The number of rotatable bonds is 6. The summed E-state index contributed by atoms with van der Waals surface area (Å²) in [6.07, 6.45) is 4.17. The number of hydrogen-bond donors (Lipinski definition) is 4. The van der Waals surface area contributed by atoms with Crippen LogP contribution in [0.3, 0.4) is 0 Å². The molecule has 1 aromatic heterocycles. The van der Waals surface area contributed by atoms with E-state index in [0.717, 1.165) is 0 Å². The van der Waals surface area contributed by atoms with Gasteiger partial charge in [-0.2, -0.15) is 0 Å². The maximum Gasteiger partial charge on any atom is 1.00 e. The first-order chi connectivity index (χ1) is 14.0. The van der Waals surface area contributed by atoms with Crippen molar-refractivity contribution in [2.75, 3.05) is 23.4 Å². The van der Waals surface area contributed by atoms with Gasteiger partial charge in [0.25, 0.3) is 0 Å². The van der Waals surface area contributed by atoms with Gasteiger partial charge in [-0.25, -0.2) is 14.4 Å². The summed E-state index contributed by atoms with van der Waals surface area (Å²) >= 11 is 0. The smallest absolute Gasteiger partial charge is 0.403 e. The molecule has 7 nitrogen and oxygen atoms in total. The summed E-state index contributed by atoms with van der Waals surface area (Å²) in [5.74, 6) is -0.767. The summed E-state index contributed by atoms with van der Waals surface area (Å²) < 4.78 is 28.6. The van der Waals surface area contributed by atoms with E-state index in [9.17, 15) is 8.78 Å². The van der Waals surface area contributed by atoms with Crippen molar-refractivity contribution in [1.29, 1.82) is 0 Å². The Morgan fingerprint density at radius 2 is 2.03 bits per heavy atom.